The normalized spacial score (nSPS) is 28.8. The number of primary amides is 1. The van der Waals surface area contributed by atoms with Crippen molar-refractivity contribution in [3.8, 4) is 5.75 Å². The summed E-state index contributed by atoms with van der Waals surface area (Å²) in [5.74, 6) is -8.79. The Kier molecular flexibility index (Phi) is 5.93. The average molecular weight is 483 g/mol. The molecule has 0 saturated heterocycles. The molecule has 2 saturated carbocycles. The van der Waals surface area contributed by atoms with Crippen molar-refractivity contribution >= 4 is 34.8 Å². The lowest BCUT2D eigenvalue weighted by Gasteiger charge is -2.44. The third-order valence-corrected chi connectivity index (χ3v) is 7.65. The van der Waals surface area contributed by atoms with Crippen LogP contribution in [0.25, 0.3) is 0 Å². The highest BCUT2D eigenvalue weighted by molar-refractivity contribution is 6.28. The molecule has 0 aliphatic heterocycles. The van der Waals surface area contributed by atoms with E-state index < -0.39 is 64.0 Å². The Morgan fingerprint density at radius 3 is 2.29 bits per heavy atom. The highest BCUT2D eigenvalue weighted by atomic mass is 16.6. The van der Waals surface area contributed by atoms with Crippen LogP contribution in [-0.4, -0.2) is 47.0 Å². The van der Waals surface area contributed by atoms with Crippen LogP contribution in [0.15, 0.2) is 11.2 Å². The van der Waals surface area contributed by atoms with Crippen LogP contribution < -0.4 is 5.73 Å². The van der Waals surface area contributed by atoms with E-state index in [0.29, 0.717) is 35.2 Å². The molecule has 2 fully saturated rings. The second-order valence-electron chi connectivity index (χ2n) is 10.9. The van der Waals surface area contributed by atoms with Gasteiger partial charge in [-0.25, -0.2) is 0 Å². The van der Waals surface area contributed by atoms with Crippen molar-refractivity contribution in [2.75, 3.05) is 7.11 Å². The third kappa shape index (κ3) is 3.77. The van der Waals surface area contributed by atoms with Crippen molar-refractivity contribution < 1.29 is 33.9 Å². The highest BCUT2D eigenvalue weighted by Crippen LogP contribution is 2.50. The number of nitrogens with zero attached hydrogens (tertiary/aromatic N) is 1. The molecule has 186 valence electrons. The van der Waals surface area contributed by atoms with E-state index in [1.807, 2.05) is 20.8 Å². The summed E-state index contributed by atoms with van der Waals surface area (Å²) >= 11 is 0. The number of rotatable bonds is 3. The molecule has 4 rings (SSSR count). The number of phenolic OH excluding ortho intramolecular Hbond substituents is 1. The number of oxime groups is 1. The lowest BCUT2D eigenvalue weighted by Crippen LogP contribution is -2.56. The first-order valence-corrected chi connectivity index (χ1v) is 11.7. The SMILES string of the molecule is CON=C(C)c1cc(C(C)(C)C)c(O)c2c1CC1CC3CC(=O)C(C(N)=O)C(=O)C3C(=O)C1C2=O. The first-order valence-electron chi connectivity index (χ1n) is 11.7. The molecule has 5 atom stereocenters. The number of benzene rings is 1. The number of hydrogen-bond donors (Lipinski definition) is 2. The molecular formula is C26H30N2O7. The van der Waals surface area contributed by atoms with Crippen molar-refractivity contribution in [2.45, 2.75) is 52.4 Å². The maximum Gasteiger partial charge on any atom is 0.235 e. The number of hydrogen-bond acceptors (Lipinski definition) is 8. The topological polar surface area (TPSA) is 153 Å². The summed E-state index contributed by atoms with van der Waals surface area (Å²) in [6, 6.07) is 1.80. The van der Waals surface area contributed by atoms with Gasteiger partial charge in [0.05, 0.1) is 23.1 Å². The molecular weight excluding hydrogens is 452 g/mol. The van der Waals surface area contributed by atoms with Gasteiger partial charge >= 0.3 is 0 Å². The first kappa shape index (κ1) is 24.8. The zero-order valence-electron chi connectivity index (χ0n) is 20.5. The molecule has 5 unspecified atom stereocenters. The Hall–Kier alpha value is -3.36. The van der Waals surface area contributed by atoms with E-state index in [0.717, 1.165) is 0 Å². The van der Waals surface area contributed by atoms with E-state index in [2.05, 4.69) is 5.16 Å². The van der Waals surface area contributed by atoms with Gasteiger partial charge in [0, 0.05) is 17.5 Å². The van der Waals surface area contributed by atoms with E-state index in [1.54, 1.807) is 13.0 Å². The number of Topliss-reactive ketones (excluding diaryl/α,β-unsaturated/α-hetero) is 4. The Morgan fingerprint density at radius 1 is 1.09 bits per heavy atom. The highest BCUT2D eigenvalue weighted by Gasteiger charge is 2.57. The lowest BCUT2D eigenvalue weighted by molar-refractivity contribution is -0.152. The van der Waals surface area contributed by atoms with E-state index in [-0.39, 0.29) is 17.7 Å². The molecule has 1 aromatic carbocycles. The molecule has 3 N–H and O–H groups in total. The predicted octanol–water partition coefficient (Wildman–Crippen LogP) is 1.88. The van der Waals surface area contributed by atoms with Crippen LogP contribution in [0.3, 0.4) is 0 Å². The van der Waals surface area contributed by atoms with Crippen molar-refractivity contribution in [1.82, 2.24) is 0 Å². The van der Waals surface area contributed by atoms with Crippen LogP contribution >= 0.6 is 0 Å². The quantitative estimate of drug-likeness (QED) is 0.379. The Balaban J connectivity index is 1.87. The molecule has 0 heterocycles. The van der Waals surface area contributed by atoms with Gasteiger partial charge in [-0.3, -0.25) is 24.0 Å². The minimum absolute atomic E-state index is 0.0666. The average Bonchev–Trinajstić information content (AvgIpc) is 2.72. The number of carbonyl (C=O) groups is 5. The molecule has 3 aliphatic carbocycles. The number of phenols is 1. The van der Waals surface area contributed by atoms with Crippen LogP contribution in [0, 0.1) is 29.6 Å². The van der Waals surface area contributed by atoms with Crippen LogP contribution in [0.2, 0.25) is 0 Å². The van der Waals surface area contributed by atoms with Crippen molar-refractivity contribution in [3.05, 3.63) is 28.3 Å². The summed E-state index contributed by atoms with van der Waals surface area (Å²) in [6.07, 6.45) is 0.494. The fourth-order valence-electron chi connectivity index (χ4n) is 6.14. The molecule has 9 heteroatoms. The first-order chi connectivity index (χ1) is 16.3. The smallest absolute Gasteiger partial charge is 0.235 e. The van der Waals surface area contributed by atoms with Gasteiger partial charge in [0.2, 0.25) is 5.91 Å². The largest absolute Gasteiger partial charge is 0.507 e. The minimum Gasteiger partial charge on any atom is -0.507 e. The maximum absolute atomic E-state index is 13.8. The number of fused-ring (bicyclic) bond motifs is 3. The zero-order valence-corrected chi connectivity index (χ0v) is 20.5. The van der Waals surface area contributed by atoms with Gasteiger partial charge in [-0.05, 0) is 48.6 Å². The van der Waals surface area contributed by atoms with E-state index in [4.69, 9.17) is 10.6 Å². The molecule has 35 heavy (non-hydrogen) atoms. The summed E-state index contributed by atoms with van der Waals surface area (Å²) in [5, 5.41) is 15.2. The fourth-order valence-corrected chi connectivity index (χ4v) is 6.14. The molecule has 9 nitrogen and oxygen atoms in total. The van der Waals surface area contributed by atoms with Gasteiger partial charge in [-0.2, -0.15) is 0 Å². The second-order valence-corrected chi connectivity index (χ2v) is 10.9. The van der Waals surface area contributed by atoms with E-state index >= 15 is 0 Å². The summed E-state index contributed by atoms with van der Waals surface area (Å²) in [4.78, 5) is 69.6. The molecule has 3 aliphatic rings. The number of amides is 1. The Morgan fingerprint density at radius 2 is 1.71 bits per heavy atom. The maximum atomic E-state index is 13.8. The van der Waals surface area contributed by atoms with Gasteiger partial charge in [0.1, 0.15) is 12.9 Å². The summed E-state index contributed by atoms with van der Waals surface area (Å²) in [6.45, 7) is 7.43. The third-order valence-electron chi connectivity index (χ3n) is 7.65. The molecule has 1 amide bonds. The Labute approximate surface area is 203 Å². The van der Waals surface area contributed by atoms with Crippen molar-refractivity contribution in [2.24, 2.45) is 40.5 Å². The monoisotopic (exact) mass is 482 g/mol. The summed E-state index contributed by atoms with van der Waals surface area (Å²) < 4.78 is 0. The molecule has 1 aromatic rings. The lowest BCUT2D eigenvalue weighted by atomic mass is 9.55. The molecule has 0 aromatic heterocycles. The number of carbonyl (C=O) groups excluding carboxylic acids is 5. The van der Waals surface area contributed by atoms with Crippen LogP contribution in [-0.2, 0) is 35.9 Å². The zero-order chi connectivity index (χ0) is 26.0. The van der Waals surface area contributed by atoms with Crippen LogP contribution in [0.1, 0.15) is 67.6 Å². The van der Waals surface area contributed by atoms with Gasteiger partial charge in [0.25, 0.3) is 0 Å². The van der Waals surface area contributed by atoms with Crippen molar-refractivity contribution in [3.63, 3.8) is 0 Å². The molecule has 0 radical (unpaired) electrons. The summed E-state index contributed by atoms with van der Waals surface area (Å²) in [7, 11) is 1.42. The standard InChI is InChI=1S/C26H30N2O7/c1-10(28-35-5)13-9-15(26(2,3)4)21(30)19-14(13)7-11-6-12-8-16(29)20(25(27)34)24(33)18(12)22(31)17(11)23(19)32/h9,11-12,17-18,20,30H,6-8H2,1-5H3,(H2,27,34). The predicted molar refractivity (Wildman–Crippen MR) is 125 cm³/mol. The van der Waals surface area contributed by atoms with E-state index in [1.165, 1.54) is 7.11 Å². The van der Waals surface area contributed by atoms with Gasteiger partial charge in [-0.15, -0.1) is 0 Å². The summed E-state index contributed by atoms with van der Waals surface area (Å²) in [5.41, 5.74) is 7.09. The minimum atomic E-state index is -1.65. The van der Waals surface area contributed by atoms with Crippen molar-refractivity contribution in [1.29, 1.82) is 0 Å². The van der Waals surface area contributed by atoms with Crippen LogP contribution in [0.5, 0.6) is 5.75 Å². The number of nitrogens with two attached hydrogens (primary N) is 1. The molecule has 0 spiro atoms. The van der Waals surface area contributed by atoms with Gasteiger partial charge in [-0.1, -0.05) is 25.9 Å². The van der Waals surface area contributed by atoms with Gasteiger partial charge < -0.3 is 15.7 Å². The number of ketones is 4. The van der Waals surface area contributed by atoms with Gasteiger partial charge in [0.15, 0.2) is 29.1 Å². The Bertz CT molecular complexity index is 1210. The number of aromatic hydroxyl groups is 1. The van der Waals surface area contributed by atoms with Crippen LogP contribution in [0.4, 0.5) is 0 Å². The fraction of sp³-hybridized carbons (Fsp3) is 0.538. The van der Waals surface area contributed by atoms with E-state index in [9.17, 15) is 29.1 Å². The second kappa shape index (κ2) is 8.39. The molecule has 0 bridgehead atoms.